The van der Waals surface area contributed by atoms with Gasteiger partial charge in [0.1, 0.15) is 0 Å². The molecule has 0 atom stereocenters. The van der Waals surface area contributed by atoms with Crippen LogP contribution in [0.5, 0.6) is 0 Å². The van der Waals surface area contributed by atoms with Gasteiger partial charge in [0.2, 0.25) is 5.91 Å². The first-order chi connectivity index (χ1) is 14.5. The van der Waals surface area contributed by atoms with Crippen molar-refractivity contribution >= 4 is 11.7 Å². The van der Waals surface area contributed by atoms with Gasteiger partial charge in [0.25, 0.3) is 0 Å². The van der Waals surface area contributed by atoms with Gasteiger partial charge in [-0.15, -0.1) is 0 Å². The molecule has 4 aliphatic carbocycles. The van der Waals surface area contributed by atoms with E-state index in [1.165, 1.54) is 26.2 Å². The lowest BCUT2D eigenvalue weighted by atomic mass is 9.52. The van der Waals surface area contributed by atoms with Crippen LogP contribution in [0, 0.1) is 17.8 Å². The van der Waals surface area contributed by atoms with Crippen molar-refractivity contribution in [2.45, 2.75) is 56.4 Å². The first kappa shape index (κ1) is 19.4. The van der Waals surface area contributed by atoms with E-state index in [-0.39, 0.29) is 17.2 Å². The summed E-state index contributed by atoms with van der Waals surface area (Å²) in [6.07, 6.45) is 13.8. The lowest BCUT2D eigenvalue weighted by Crippen LogP contribution is -2.64. The van der Waals surface area contributed by atoms with Crippen LogP contribution in [-0.2, 0) is 15.0 Å². The third kappa shape index (κ3) is 2.74. The largest absolute Gasteiger partial charge is 0.339 e. The minimum atomic E-state index is -1.37. The highest BCUT2D eigenvalue weighted by Crippen LogP contribution is 2.58. The highest BCUT2D eigenvalue weighted by atomic mass is 16.2. The Morgan fingerprint density at radius 1 is 0.867 bits per heavy atom. The van der Waals surface area contributed by atoms with E-state index in [9.17, 15) is 9.59 Å². The second kappa shape index (κ2) is 7.00. The van der Waals surface area contributed by atoms with Crippen molar-refractivity contribution < 1.29 is 9.59 Å². The molecule has 6 rings (SSSR count). The van der Waals surface area contributed by atoms with Crippen LogP contribution in [0.3, 0.4) is 0 Å². The number of nitrogens with zero attached hydrogens (tertiary/aromatic N) is 3. The second-order valence-electron chi connectivity index (χ2n) is 9.78. The molecule has 5 heteroatoms. The fraction of sp³-hybridized carbons (Fsp3) is 0.520. The Bertz CT molecular complexity index is 882. The van der Waals surface area contributed by atoms with Crippen molar-refractivity contribution in [3.8, 4) is 0 Å². The van der Waals surface area contributed by atoms with Gasteiger partial charge >= 0.3 is 0 Å². The van der Waals surface area contributed by atoms with Crippen molar-refractivity contribution in [1.29, 1.82) is 0 Å². The number of aromatic nitrogens is 2. The molecule has 0 aromatic carbocycles. The van der Waals surface area contributed by atoms with Gasteiger partial charge in [-0.2, -0.15) is 0 Å². The fourth-order valence-electron chi connectivity index (χ4n) is 7.12. The monoisotopic (exact) mass is 403 g/mol. The summed E-state index contributed by atoms with van der Waals surface area (Å²) in [6.45, 7) is 1.53. The summed E-state index contributed by atoms with van der Waals surface area (Å²) in [5.74, 6) is 1.89. The van der Waals surface area contributed by atoms with E-state index >= 15 is 0 Å². The first-order valence-corrected chi connectivity index (χ1v) is 11.1. The van der Waals surface area contributed by atoms with E-state index in [1.807, 2.05) is 11.9 Å². The molecule has 0 aliphatic heterocycles. The average molecular weight is 404 g/mol. The molecule has 0 unspecified atom stereocenters. The SMILES string of the molecule is CC(=O)C(C(=O)N(C)C12CC3CC(CC(C3)C1)C2)(c1ccncc1)c1ccncc1. The zero-order chi connectivity index (χ0) is 20.9. The van der Waals surface area contributed by atoms with E-state index in [4.69, 9.17) is 0 Å². The minimum Gasteiger partial charge on any atom is -0.339 e. The van der Waals surface area contributed by atoms with Crippen LogP contribution < -0.4 is 0 Å². The predicted octanol–water partition coefficient (Wildman–Crippen LogP) is 3.78. The normalized spacial score (nSPS) is 29.6. The van der Waals surface area contributed by atoms with E-state index in [0.717, 1.165) is 37.0 Å². The maximum absolute atomic E-state index is 14.4. The van der Waals surface area contributed by atoms with E-state index in [2.05, 4.69) is 9.97 Å². The summed E-state index contributed by atoms with van der Waals surface area (Å²) in [5.41, 5.74) is -0.133. The summed E-state index contributed by atoms with van der Waals surface area (Å²) in [7, 11) is 1.94. The number of pyridine rings is 2. The standard InChI is InChI=1S/C25H29N3O2/c1-17(29)25(21-3-7-26-8-4-21,22-5-9-27-10-6-22)23(30)28(2)24-14-18-11-19(15-24)13-20(12-18)16-24/h3-10,18-20H,11-16H2,1-2H3. The Morgan fingerprint density at radius 3 is 1.63 bits per heavy atom. The molecular weight excluding hydrogens is 374 g/mol. The van der Waals surface area contributed by atoms with Crippen LogP contribution in [0.2, 0.25) is 0 Å². The van der Waals surface area contributed by atoms with Gasteiger partial charge in [-0.3, -0.25) is 19.6 Å². The first-order valence-electron chi connectivity index (χ1n) is 11.1. The third-order valence-corrected chi connectivity index (χ3v) is 8.10. The van der Waals surface area contributed by atoms with E-state index < -0.39 is 5.41 Å². The molecule has 0 saturated heterocycles. The van der Waals surface area contributed by atoms with Crippen molar-refractivity contribution in [2.75, 3.05) is 7.05 Å². The van der Waals surface area contributed by atoms with Crippen LogP contribution >= 0.6 is 0 Å². The predicted molar refractivity (Wildman–Crippen MR) is 114 cm³/mol. The van der Waals surface area contributed by atoms with Crippen LogP contribution in [0.15, 0.2) is 49.1 Å². The molecule has 4 saturated carbocycles. The molecule has 4 bridgehead atoms. The Labute approximate surface area is 177 Å². The highest BCUT2D eigenvalue weighted by molar-refractivity contribution is 6.14. The molecule has 2 aromatic heterocycles. The summed E-state index contributed by atoms with van der Waals surface area (Å²) in [4.78, 5) is 38.0. The maximum atomic E-state index is 14.4. The van der Waals surface area contributed by atoms with Gasteiger partial charge in [0.05, 0.1) is 0 Å². The number of likely N-dealkylation sites (N-methyl/N-ethyl adjacent to an activating group) is 1. The van der Waals surface area contributed by atoms with Gasteiger partial charge in [0, 0.05) is 37.4 Å². The van der Waals surface area contributed by atoms with Crippen LogP contribution in [0.1, 0.15) is 56.6 Å². The Morgan fingerprint density at radius 2 is 1.27 bits per heavy atom. The molecule has 2 heterocycles. The van der Waals surface area contributed by atoms with Crippen molar-refractivity contribution in [2.24, 2.45) is 17.8 Å². The van der Waals surface area contributed by atoms with Crippen LogP contribution in [0.25, 0.3) is 0 Å². The molecule has 4 aliphatic rings. The Balaban J connectivity index is 1.63. The van der Waals surface area contributed by atoms with Gasteiger partial charge < -0.3 is 4.90 Å². The topological polar surface area (TPSA) is 63.2 Å². The molecule has 0 spiro atoms. The molecule has 156 valence electrons. The van der Waals surface area contributed by atoms with Gasteiger partial charge in [-0.1, -0.05) is 0 Å². The molecule has 30 heavy (non-hydrogen) atoms. The van der Waals surface area contributed by atoms with E-state index in [1.54, 1.807) is 49.1 Å². The number of Topliss-reactive ketones (excluding diaryl/α,β-unsaturated/α-hetero) is 1. The number of hydrogen-bond acceptors (Lipinski definition) is 4. The molecular formula is C25H29N3O2. The fourth-order valence-corrected chi connectivity index (χ4v) is 7.12. The van der Waals surface area contributed by atoms with Gasteiger partial charge in [-0.05, 0) is 98.6 Å². The summed E-state index contributed by atoms with van der Waals surface area (Å²) < 4.78 is 0. The Kier molecular flexibility index (Phi) is 4.53. The highest BCUT2D eigenvalue weighted by Gasteiger charge is 2.57. The molecule has 0 N–H and O–H groups in total. The molecule has 1 amide bonds. The molecule has 4 fully saturated rings. The summed E-state index contributed by atoms with van der Waals surface area (Å²) >= 11 is 0. The maximum Gasteiger partial charge on any atom is 0.245 e. The zero-order valence-electron chi connectivity index (χ0n) is 17.8. The third-order valence-electron chi connectivity index (χ3n) is 8.10. The number of amides is 1. The van der Waals surface area contributed by atoms with Crippen molar-refractivity contribution in [1.82, 2.24) is 14.9 Å². The number of ketones is 1. The zero-order valence-corrected chi connectivity index (χ0v) is 17.8. The minimum absolute atomic E-state index is 0.116. The number of rotatable bonds is 5. The van der Waals surface area contributed by atoms with E-state index in [0.29, 0.717) is 11.1 Å². The second-order valence-corrected chi connectivity index (χ2v) is 9.78. The summed E-state index contributed by atoms with van der Waals surface area (Å²) in [5, 5.41) is 0. The average Bonchev–Trinajstić information content (AvgIpc) is 2.74. The smallest absolute Gasteiger partial charge is 0.245 e. The van der Waals surface area contributed by atoms with Gasteiger partial charge in [0.15, 0.2) is 11.2 Å². The number of hydrogen-bond donors (Lipinski definition) is 0. The quantitative estimate of drug-likeness (QED) is 0.713. The lowest BCUT2D eigenvalue weighted by Gasteiger charge is -2.60. The van der Waals surface area contributed by atoms with Gasteiger partial charge in [-0.25, -0.2) is 0 Å². The van der Waals surface area contributed by atoms with Crippen LogP contribution in [0.4, 0.5) is 0 Å². The number of carbonyl (C=O) groups is 2. The Hall–Kier alpha value is -2.56. The van der Waals surface area contributed by atoms with Crippen molar-refractivity contribution in [3.63, 3.8) is 0 Å². The summed E-state index contributed by atoms with van der Waals surface area (Å²) in [6, 6.07) is 7.20. The lowest BCUT2D eigenvalue weighted by molar-refractivity contribution is -0.154. The molecule has 2 aromatic rings. The van der Waals surface area contributed by atoms with Crippen molar-refractivity contribution in [3.05, 3.63) is 60.2 Å². The molecule has 0 radical (unpaired) electrons. The molecule has 5 nitrogen and oxygen atoms in total. The van der Waals surface area contributed by atoms with Crippen LogP contribution in [-0.4, -0.2) is 39.1 Å². The number of carbonyl (C=O) groups excluding carboxylic acids is 2.